The number of quaternary nitrogens is 1. The van der Waals surface area contributed by atoms with Crippen LogP contribution in [0.15, 0.2) is 0 Å². The molecular weight excluding hydrogens is 262 g/mol. The second kappa shape index (κ2) is 7.85. The Morgan fingerprint density at radius 1 is 0.917 bits per heavy atom. The third-order valence-corrected chi connectivity index (χ3v) is 0. The van der Waals surface area contributed by atoms with Gasteiger partial charge in [-0.3, -0.25) is 17.5 Å². The minimum atomic E-state index is -5.17. The molecule has 0 aromatic heterocycles. The fourth-order valence-corrected chi connectivity index (χ4v) is 0. The zero-order valence-electron chi connectivity index (χ0n) is 5.51. The molecule has 0 aromatic carbocycles. The quantitative estimate of drug-likeness (QED) is 0.265. The van der Waals surface area contributed by atoms with Gasteiger partial charge in [0.15, 0.2) is 0 Å². The van der Waals surface area contributed by atoms with Crippen molar-refractivity contribution in [1.82, 2.24) is 6.15 Å². The Hall–Kier alpha value is 0.219. The summed E-state index contributed by atoms with van der Waals surface area (Å²) in [6.07, 6.45) is 0. The van der Waals surface area contributed by atoms with Gasteiger partial charge in [-0.2, -0.15) is 8.42 Å². The maximum Gasteiger partial charge on any atom is 0.394 e. The Morgan fingerprint density at radius 3 is 0.917 bits per heavy atom. The Balaban J connectivity index is -0.0000000457. The third kappa shape index (κ3) is 18000. The van der Waals surface area contributed by atoms with E-state index in [4.69, 9.17) is 35.0 Å². The number of rotatable bonds is 0. The first kappa shape index (κ1) is 22.8. The smallest absolute Gasteiger partial charge is 0.394 e. The van der Waals surface area contributed by atoms with E-state index < -0.39 is 20.8 Å². The van der Waals surface area contributed by atoms with Gasteiger partial charge in [0.05, 0.1) is 0 Å². The Labute approximate surface area is 79.4 Å². The Morgan fingerprint density at radius 2 is 0.917 bits per heavy atom. The molecule has 12 heavy (non-hydrogen) atoms. The van der Waals surface area contributed by atoms with Crippen molar-refractivity contribution in [2.24, 2.45) is 0 Å². The van der Waals surface area contributed by atoms with E-state index in [1.54, 1.807) is 0 Å². The number of hydrogen-bond donors (Lipinski definition) is 3. The summed E-state index contributed by atoms with van der Waals surface area (Å²) < 4.78 is 65.7. The standard InChI is InChI=1S/Fe.H3N.2H2O4S/c;;2*1-5(2,3)4/h;1H3;2*(H2,1,2,3,4)/p-1. The van der Waals surface area contributed by atoms with Gasteiger partial charge in [-0.25, -0.2) is 0 Å². The second-order valence-electron chi connectivity index (χ2n) is 0.856. The van der Waals surface area contributed by atoms with Crippen LogP contribution in [0.2, 0.25) is 0 Å². The average Bonchev–Trinajstić information content (AvgIpc) is 1.12. The molecule has 12 heteroatoms. The largest absolute Gasteiger partial charge is 0.759 e. The Bertz CT molecular complexity index is 213. The summed E-state index contributed by atoms with van der Waals surface area (Å²) in [6.45, 7) is 0. The molecule has 0 unspecified atom stereocenters. The van der Waals surface area contributed by atoms with Crippen LogP contribution in [0.3, 0.4) is 0 Å². The molecule has 80 valence electrons. The van der Waals surface area contributed by atoms with Crippen molar-refractivity contribution in [3.63, 3.8) is 0 Å². The molecule has 0 saturated carbocycles. The van der Waals surface area contributed by atoms with Crippen molar-refractivity contribution in [3.8, 4) is 0 Å². The fourth-order valence-electron chi connectivity index (χ4n) is 0. The van der Waals surface area contributed by atoms with E-state index in [-0.39, 0.29) is 23.2 Å². The molecule has 0 aromatic rings. The number of hydrogen-bond acceptors (Lipinski definition) is 6. The molecule has 0 aliphatic heterocycles. The molecule has 0 saturated heterocycles. The second-order valence-corrected chi connectivity index (χ2v) is 2.57. The van der Waals surface area contributed by atoms with Gasteiger partial charge < -0.3 is 15.3 Å². The van der Waals surface area contributed by atoms with Crippen molar-refractivity contribution in [1.29, 1.82) is 0 Å². The maximum atomic E-state index is 8.74. The SMILES string of the molecule is O=S(=O)(O)O.O=S(=O)([O-])[O-].[Fe].[NH4+]. The summed E-state index contributed by atoms with van der Waals surface area (Å²) in [5.41, 5.74) is 0. The van der Waals surface area contributed by atoms with Gasteiger partial charge in [-0.05, 0) is 0 Å². The van der Waals surface area contributed by atoms with Crippen molar-refractivity contribution >= 4 is 20.8 Å². The first-order chi connectivity index (χ1) is 4.00. The van der Waals surface area contributed by atoms with Crippen LogP contribution in [0, 0.1) is 0 Å². The van der Waals surface area contributed by atoms with Gasteiger partial charge in [0.1, 0.15) is 0 Å². The zero-order chi connectivity index (χ0) is 9.00. The summed E-state index contributed by atoms with van der Waals surface area (Å²) in [5, 5.41) is 0. The van der Waals surface area contributed by atoms with Crippen molar-refractivity contribution < 1.29 is 52.1 Å². The van der Waals surface area contributed by atoms with E-state index in [0.717, 1.165) is 0 Å². The summed E-state index contributed by atoms with van der Waals surface area (Å²) in [7, 11) is -9.83. The molecular formula is H6FeNO8S2-. The molecule has 0 spiro atoms. The van der Waals surface area contributed by atoms with Gasteiger partial charge >= 0.3 is 10.4 Å². The molecule has 0 radical (unpaired) electrons. The first-order valence-corrected chi connectivity index (χ1v) is 4.10. The summed E-state index contributed by atoms with van der Waals surface area (Å²) in [4.78, 5) is 0. The molecule has 0 rings (SSSR count). The first-order valence-electron chi connectivity index (χ1n) is 1.37. The molecule has 0 atom stereocenters. The minimum absolute atomic E-state index is 0. The van der Waals surface area contributed by atoms with Crippen LogP contribution in [-0.4, -0.2) is 35.0 Å². The molecule has 0 fully saturated rings. The van der Waals surface area contributed by atoms with E-state index >= 15 is 0 Å². The third-order valence-electron chi connectivity index (χ3n) is 0. The summed E-state index contributed by atoms with van der Waals surface area (Å²) >= 11 is 0. The fraction of sp³-hybridized carbons (Fsp3) is 0. The molecule has 0 heterocycles. The molecule has 0 bridgehead atoms. The van der Waals surface area contributed by atoms with Crippen LogP contribution < -0.4 is 6.15 Å². The zero-order valence-corrected chi connectivity index (χ0v) is 8.25. The molecule has 0 aliphatic rings. The van der Waals surface area contributed by atoms with Crippen LogP contribution in [-0.2, 0) is 37.9 Å². The van der Waals surface area contributed by atoms with Crippen LogP contribution >= 0.6 is 0 Å². The van der Waals surface area contributed by atoms with Crippen LogP contribution in [0.1, 0.15) is 0 Å². The normalized spacial score (nSPS) is 9.67. The maximum absolute atomic E-state index is 8.74. The van der Waals surface area contributed by atoms with Gasteiger partial charge in [0.2, 0.25) is 0 Å². The van der Waals surface area contributed by atoms with E-state index in [2.05, 4.69) is 0 Å². The Kier molecular flexibility index (Phi) is 14.9. The summed E-state index contributed by atoms with van der Waals surface area (Å²) in [5.74, 6) is 0. The van der Waals surface area contributed by atoms with Crippen LogP contribution in [0.4, 0.5) is 0 Å². The van der Waals surface area contributed by atoms with E-state index in [1.165, 1.54) is 0 Å². The van der Waals surface area contributed by atoms with Crippen molar-refractivity contribution in [2.75, 3.05) is 0 Å². The van der Waals surface area contributed by atoms with Gasteiger partial charge in [0, 0.05) is 27.5 Å². The van der Waals surface area contributed by atoms with Crippen LogP contribution in [0.5, 0.6) is 0 Å². The molecule has 6 N–H and O–H groups in total. The van der Waals surface area contributed by atoms with Gasteiger partial charge in [-0.15, -0.1) is 0 Å². The monoisotopic (exact) mass is 268 g/mol. The topological polar surface area (TPSA) is 191 Å². The van der Waals surface area contributed by atoms with Crippen molar-refractivity contribution in [2.45, 2.75) is 0 Å². The van der Waals surface area contributed by atoms with E-state index in [0.29, 0.717) is 0 Å². The molecule has 0 aliphatic carbocycles. The molecule has 0 amide bonds. The van der Waals surface area contributed by atoms with E-state index in [9.17, 15) is 0 Å². The van der Waals surface area contributed by atoms with E-state index in [1.807, 2.05) is 0 Å². The van der Waals surface area contributed by atoms with Gasteiger partial charge in [-0.1, -0.05) is 0 Å². The predicted molar refractivity (Wildman–Crippen MR) is 30.6 cm³/mol. The van der Waals surface area contributed by atoms with Gasteiger partial charge in [0.25, 0.3) is 0 Å². The molecule has 9 nitrogen and oxygen atoms in total. The van der Waals surface area contributed by atoms with Crippen LogP contribution in [0.25, 0.3) is 0 Å². The predicted octanol–water partition coefficient (Wildman–Crippen LogP) is -1.62. The van der Waals surface area contributed by atoms with Crippen molar-refractivity contribution in [3.05, 3.63) is 0 Å². The minimum Gasteiger partial charge on any atom is -0.759 e. The average molecular weight is 268 g/mol. The summed E-state index contributed by atoms with van der Waals surface area (Å²) in [6, 6.07) is 0.